The SMILES string of the molecule is CCOC(=O)C(C(=O)OCC)C(=S)Nc1ccc(F)c(F)c1. The molecule has 0 heterocycles. The summed E-state index contributed by atoms with van der Waals surface area (Å²) >= 11 is 4.99. The van der Waals surface area contributed by atoms with Gasteiger partial charge in [-0.1, -0.05) is 12.2 Å². The molecule has 1 aromatic carbocycles. The van der Waals surface area contributed by atoms with Crippen LogP contribution in [0.15, 0.2) is 18.2 Å². The third-order valence-electron chi connectivity index (χ3n) is 2.49. The molecule has 1 N–H and O–H groups in total. The highest BCUT2D eigenvalue weighted by atomic mass is 32.1. The van der Waals surface area contributed by atoms with Crippen molar-refractivity contribution in [1.29, 1.82) is 0 Å². The molecule has 0 spiro atoms. The molecular formula is C14H15F2NO4S. The van der Waals surface area contributed by atoms with Gasteiger partial charge in [0.15, 0.2) is 11.6 Å². The average molecular weight is 331 g/mol. The number of esters is 2. The summed E-state index contributed by atoms with van der Waals surface area (Å²) < 4.78 is 35.6. The van der Waals surface area contributed by atoms with Gasteiger partial charge in [-0.25, -0.2) is 8.78 Å². The molecule has 0 unspecified atom stereocenters. The number of thiocarbonyl (C=S) groups is 1. The van der Waals surface area contributed by atoms with Gasteiger partial charge in [0.05, 0.1) is 13.2 Å². The number of hydrogen-bond acceptors (Lipinski definition) is 5. The van der Waals surface area contributed by atoms with Crippen LogP contribution in [0.4, 0.5) is 14.5 Å². The Morgan fingerprint density at radius 2 is 1.68 bits per heavy atom. The van der Waals surface area contributed by atoms with Gasteiger partial charge in [-0.15, -0.1) is 0 Å². The first kappa shape index (κ1) is 18.0. The lowest BCUT2D eigenvalue weighted by molar-refractivity contribution is -0.157. The molecule has 5 nitrogen and oxygen atoms in total. The summed E-state index contributed by atoms with van der Waals surface area (Å²) in [4.78, 5) is 23.4. The number of halogens is 2. The Bertz CT molecular complexity index is 562. The van der Waals surface area contributed by atoms with E-state index >= 15 is 0 Å². The van der Waals surface area contributed by atoms with Gasteiger partial charge in [-0.2, -0.15) is 0 Å². The summed E-state index contributed by atoms with van der Waals surface area (Å²) in [6, 6.07) is 2.97. The fourth-order valence-electron chi connectivity index (χ4n) is 1.55. The predicted molar refractivity (Wildman–Crippen MR) is 79.3 cm³/mol. The van der Waals surface area contributed by atoms with E-state index in [1.807, 2.05) is 0 Å². The summed E-state index contributed by atoms with van der Waals surface area (Å²) in [5, 5.41) is 2.51. The Kier molecular flexibility index (Phi) is 6.84. The Balaban J connectivity index is 2.93. The van der Waals surface area contributed by atoms with Crippen LogP contribution < -0.4 is 5.32 Å². The Morgan fingerprint density at radius 1 is 1.14 bits per heavy atom. The zero-order valence-electron chi connectivity index (χ0n) is 12.0. The molecule has 0 aliphatic heterocycles. The molecule has 0 aromatic heterocycles. The van der Waals surface area contributed by atoms with E-state index in [1.165, 1.54) is 6.07 Å². The molecule has 1 aromatic rings. The molecule has 1 rings (SSSR count). The number of anilines is 1. The van der Waals surface area contributed by atoms with E-state index in [4.69, 9.17) is 21.7 Å². The number of nitrogens with one attached hydrogen (secondary N) is 1. The third kappa shape index (κ3) is 4.73. The van der Waals surface area contributed by atoms with Crippen LogP contribution in [0.1, 0.15) is 13.8 Å². The zero-order chi connectivity index (χ0) is 16.7. The quantitative estimate of drug-likeness (QED) is 0.491. The molecule has 0 aliphatic rings. The van der Waals surface area contributed by atoms with Crippen molar-refractivity contribution in [2.45, 2.75) is 13.8 Å². The molecule has 0 saturated carbocycles. The van der Waals surface area contributed by atoms with Crippen LogP contribution in [0.5, 0.6) is 0 Å². The van der Waals surface area contributed by atoms with Crippen molar-refractivity contribution in [1.82, 2.24) is 0 Å². The molecule has 0 aliphatic carbocycles. The summed E-state index contributed by atoms with van der Waals surface area (Å²) in [5.41, 5.74) is 0.0995. The molecule has 0 atom stereocenters. The van der Waals surface area contributed by atoms with Crippen LogP contribution in [0.25, 0.3) is 0 Å². The van der Waals surface area contributed by atoms with Crippen LogP contribution in [0.2, 0.25) is 0 Å². The van der Waals surface area contributed by atoms with Crippen LogP contribution in [0.3, 0.4) is 0 Å². The summed E-state index contributed by atoms with van der Waals surface area (Å²) in [7, 11) is 0. The van der Waals surface area contributed by atoms with Crippen LogP contribution in [-0.2, 0) is 19.1 Å². The van der Waals surface area contributed by atoms with Crippen LogP contribution in [-0.4, -0.2) is 30.1 Å². The van der Waals surface area contributed by atoms with Gasteiger partial charge in [0.1, 0.15) is 4.99 Å². The third-order valence-corrected chi connectivity index (χ3v) is 2.83. The van der Waals surface area contributed by atoms with Gasteiger partial charge in [-0.05, 0) is 26.0 Å². The second-order valence-corrected chi connectivity index (χ2v) is 4.50. The lowest BCUT2D eigenvalue weighted by Gasteiger charge is -2.16. The van der Waals surface area contributed by atoms with Gasteiger partial charge in [0.25, 0.3) is 0 Å². The van der Waals surface area contributed by atoms with E-state index < -0.39 is 29.5 Å². The van der Waals surface area contributed by atoms with Gasteiger partial charge < -0.3 is 14.8 Å². The van der Waals surface area contributed by atoms with Crippen molar-refractivity contribution in [2.75, 3.05) is 18.5 Å². The maximum Gasteiger partial charge on any atom is 0.327 e. The van der Waals surface area contributed by atoms with Crippen molar-refractivity contribution < 1.29 is 27.8 Å². The second kappa shape index (κ2) is 8.38. The minimum Gasteiger partial charge on any atom is -0.465 e. The largest absolute Gasteiger partial charge is 0.465 e. The maximum absolute atomic E-state index is 13.1. The first-order chi connectivity index (χ1) is 10.4. The molecule has 22 heavy (non-hydrogen) atoms. The predicted octanol–water partition coefficient (Wildman–Crippen LogP) is 2.45. The van der Waals surface area contributed by atoms with E-state index in [2.05, 4.69) is 5.32 Å². The molecule has 120 valence electrons. The van der Waals surface area contributed by atoms with Crippen LogP contribution >= 0.6 is 12.2 Å². The van der Waals surface area contributed by atoms with Gasteiger partial charge >= 0.3 is 11.9 Å². The van der Waals surface area contributed by atoms with E-state index in [0.717, 1.165) is 12.1 Å². The highest BCUT2D eigenvalue weighted by molar-refractivity contribution is 7.80. The Hall–Kier alpha value is -2.09. The van der Waals surface area contributed by atoms with Crippen molar-refractivity contribution in [3.63, 3.8) is 0 Å². The smallest absolute Gasteiger partial charge is 0.327 e. The summed E-state index contributed by atoms with van der Waals surface area (Å²) in [6.45, 7) is 3.27. The summed E-state index contributed by atoms with van der Waals surface area (Å²) in [6.07, 6.45) is 0. The van der Waals surface area contributed by atoms with Crippen LogP contribution in [0, 0.1) is 17.6 Å². The fraction of sp³-hybridized carbons (Fsp3) is 0.357. The number of ether oxygens (including phenoxy) is 2. The lowest BCUT2D eigenvalue weighted by atomic mass is 10.1. The number of hydrogen-bond donors (Lipinski definition) is 1. The standard InChI is InChI=1S/C14H15F2NO4S/c1-3-20-13(18)11(14(19)21-4-2)12(22)17-8-5-6-9(15)10(16)7-8/h5-7,11H,3-4H2,1-2H3,(H,17,22). The first-order valence-corrected chi connectivity index (χ1v) is 6.90. The molecule has 0 fully saturated rings. The Labute approximate surface area is 131 Å². The number of benzene rings is 1. The highest BCUT2D eigenvalue weighted by Gasteiger charge is 2.34. The molecule has 0 amide bonds. The average Bonchev–Trinajstić information content (AvgIpc) is 2.43. The minimum atomic E-state index is -1.47. The molecule has 0 saturated heterocycles. The molecule has 8 heteroatoms. The highest BCUT2D eigenvalue weighted by Crippen LogP contribution is 2.16. The van der Waals surface area contributed by atoms with Gasteiger partial charge in [-0.3, -0.25) is 9.59 Å². The van der Waals surface area contributed by atoms with E-state index in [1.54, 1.807) is 13.8 Å². The molecule has 0 radical (unpaired) electrons. The first-order valence-electron chi connectivity index (χ1n) is 6.49. The van der Waals surface area contributed by atoms with E-state index in [0.29, 0.717) is 0 Å². The van der Waals surface area contributed by atoms with Crippen molar-refractivity contribution in [3.8, 4) is 0 Å². The van der Waals surface area contributed by atoms with E-state index in [9.17, 15) is 18.4 Å². The second-order valence-electron chi connectivity index (χ2n) is 4.06. The fourth-order valence-corrected chi connectivity index (χ4v) is 1.86. The zero-order valence-corrected chi connectivity index (χ0v) is 12.8. The summed E-state index contributed by atoms with van der Waals surface area (Å²) in [5.74, 6) is -5.33. The lowest BCUT2D eigenvalue weighted by Crippen LogP contribution is -2.37. The van der Waals surface area contributed by atoms with Gasteiger partial charge in [0.2, 0.25) is 5.92 Å². The number of carbonyl (C=O) groups is 2. The van der Waals surface area contributed by atoms with Gasteiger partial charge in [0, 0.05) is 11.8 Å². The van der Waals surface area contributed by atoms with E-state index in [-0.39, 0.29) is 23.9 Å². The topological polar surface area (TPSA) is 64.6 Å². The maximum atomic E-state index is 13.1. The minimum absolute atomic E-state index is 0.0581. The van der Waals surface area contributed by atoms with Crippen molar-refractivity contribution >= 4 is 34.8 Å². The van der Waals surface area contributed by atoms with Crippen molar-refractivity contribution in [3.05, 3.63) is 29.8 Å². The molecular weight excluding hydrogens is 316 g/mol. The van der Waals surface area contributed by atoms with Crippen molar-refractivity contribution in [2.24, 2.45) is 5.92 Å². The number of rotatable bonds is 6. The molecule has 0 bridgehead atoms. The number of carbonyl (C=O) groups excluding carboxylic acids is 2. The monoisotopic (exact) mass is 331 g/mol. The normalized spacial score (nSPS) is 10.2. The Morgan fingerprint density at radius 3 is 2.14 bits per heavy atom.